The van der Waals surface area contributed by atoms with Crippen molar-refractivity contribution in [3.63, 3.8) is 0 Å². The smallest absolute Gasteiger partial charge is 0.416 e. The zero-order chi connectivity index (χ0) is 23.9. The number of rotatable bonds is 8. The monoisotopic (exact) mass is 455 g/mol. The number of Topliss-reactive ketones (excluding diaryl/α,β-unsaturated/α-hetero) is 1. The Labute approximate surface area is 183 Å². The van der Waals surface area contributed by atoms with Gasteiger partial charge in [-0.2, -0.15) is 13.2 Å². The summed E-state index contributed by atoms with van der Waals surface area (Å²) in [4.78, 5) is 25.1. The zero-order valence-electron chi connectivity index (χ0n) is 18.0. The number of halogens is 4. The van der Waals surface area contributed by atoms with Crippen molar-refractivity contribution in [1.29, 1.82) is 0 Å². The van der Waals surface area contributed by atoms with Crippen LogP contribution in [-0.4, -0.2) is 30.1 Å². The molecule has 9 heteroatoms. The zero-order valence-corrected chi connectivity index (χ0v) is 18.0. The molecule has 0 spiro atoms. The maximum absolute atomic E-state index is 13.8. The third kappa shape index (κ3) is 8.30. The predicted molar refractivity (Wildman–Crippen MR) is 110 cm³/mol. The highest BCUT2D eigenvalue weighted by Crippen LogP contribution is 2.30. The fourth-order valence-electron chi connectivity index (χ4n) is 2.78. The van der Waals surface area contributed by atoms with E-state index < -0.39 is 46.6 Å². The van der Waals surface area contributed by atoms with E-state index in [-0.39, 0.29) is 19.6 Å². The summed E-state index contributed by atoms with van der Waals surface area (Å²) in [5.41, 5.74) is -1.78. The number of nitrogens with one attached hydrogen (secondary N) is 1. The highest BCUT2D eigenvalue weighted by Gasteiger charge is 2.33. The topological polar surface area (TPSA) is 64.6 Å². The van der Waals surface area contributed by atoms with E-state index in [9.17, 15) is 27.2 Å². The average molecular weight is 455 g/mol. The van der Waals surface area contributed by atoms with Gasteiger partial charge in [-0.1, -0.05) is 30.3 Å². The first-order chi connectivity index (χ1) is 14.8. The van der Waals surface area contributed by atoms with E-state index in [1.165, 1.54) is 0 Å². The Kier molecular flexibility index (Phi) is 8.38. The van der Waals surface area contributed by atoms with Crippen molar-refractivity contribution < 1.29 is 36.6 Å². The summed E-state index contributed by atoms with van der Waals surface area (Å²) in [7, 11) is 0. The third-order valence-corrected chi connectivity index (χ3v) is 4.18. The summed E-state index contributed by atoms with van der Waals surface area (Å²) in [6, 6.07) is 9.47. The molecule has 32 heavy (non-hydrogen) atoms. The van der Waals surface area contributed by atoms with Crippen molar-refractivity contribution in [1.82, 2.24) is 5.32 Å². The molecule has 0 aliphatic heterocycles. The summed E-state index contributed by atoms with van der Waals surface area (Å²) in [6.45, 7) is 5.12. The largest absolute Gasteiger partial charge is 0.444 e. The molecular weight excluding hydrogens is 430 g/mol. The molecule has 0 heterocycles. The number of hydrogen-bond acceptors (Lipinski definition) is 4. The molecule has 0 saturated carbocycles. The van der Waals surface area contributed by atoms with E-state index >= 15 is 0 Å². The van der Waals surface area contributed by atoms with Crippen molar-refractivity contribution >= 4 is 11.9 Å². The molecule has 0 aliphatic rings. The number of hydrogen-bond donors (Lipinski definition) is 1. The van der Waals surface area contributed by atoms with E-state index in [0.29, 0.717) is 18.2 Å². The molecule has 2 rings (SSSR count). The number of ketones is 1. The highest BCUT2D eigenvalue weighted by atomic mass is 19.4. The first-order valence-corrected chi connectivity index (χ1v) is 9.88. The molecule has 0 bridgehead atoms. The SMILES string of the molecule is CC(C)(C)OC(=O)N[C@@H](CCOCc1ccccc1)C(=O)c1cc(F)cc(C(F)(F)F)c1. The van der Waals surface area contributed by atoms with Crippen molar-refractivity contribution in [2.75, 3.05) is 6.61 Å². The number of benzene rings is 2. The molecule has 0 radical (unpaired) electrons. The number of alkyl carbamates (subject to hydrolysis) is 1. The van der Waals surface area contributed by atoms with Crippen LogP contribution in [0.4, 0.5) is 22.4 Å². The summed E-state index contributed by atoms with van der Waals surface area (Å²) >= 11 is 0. The number of carbonyl (C=O) groups excluding carboxylic acids is 2. The number of amides is 1. The molecule has 0 fully saturated rings. The standard InChI is InChI=1S/C23H25F4NO4/c1-22(2,3)32-21(30)28-19(9-10-31-14-15-7-5-4-6-8-15)20(29)16-11-17(23(25,26)27)13-18(24)12-16/h4-8,11-13,19H,9-10,14H2,1-3H3,(H,28,30)/t19-/m0/s1. The fraction of sp³-hybridized carbons (Fsp3) is 0.391. The van der Waals surface area contributed by atoms with Crippen LogP contribution in [0.2, 0.25) is 0 Å². The van der Waals surface area contributed by atoms with Crippen LogP contribution >= 0.6 is 0 Å². The van der Waals surface area contributed by atoms with Crippen LogP contribution in [0.5, 0.6) is 0 Å². The Bertz CT molecular complexity index is 924. The van der Waals surface area contributed by atoms with E-state index in [2.05, 4.69) is 5.32 Å². The molecule has 0 aliphatic carbocycles. The second-order valence-electron chi connectivity index (χ2n) is 8.12. The first-order valence-electron chi connectivity index (χ1n) is 9.88. The molecule has 1 N–H and O–H groups in total. The van der Waals surface area contributed by atoms with Gasteiger partial charge in [0.15, 0.2) is 5.78 Å². The summed E-state index contributed by atoms with van der Waals surface area (Å²) in [6.07, 6.45) is -5.81. The second kappa shape index (κ2) is 10.6. The van der Waals surface area contributed by atoms with E-state index in [4.69, 9.17) is 9.47 Å². The van der Waals surface area contributed by atoms with Gasteiger partial charge < -0.3 is 14.8 Å². The van der Waals surface area contributed by atoms with Crippen molar-refractivity contribution in [2.24, 2.45) is 0 Å². The lowest BCUT2D eigenvalue weighted by Crippen LogP contribution is -2.44. The lowest BCUT2D eigenvalue weighted by Gasteiger charge is -2.23. The molecule has 1 atom stereocenters. The molecule has 2 aromatic rings. The number of alkyl halides is 3. The van der Waals surface area contributed by atoms with Gasteiger partial charge in [-0.15, -0.1) is 0 Å². The van der Waals surface area contributed by atoms with Crippen LogP contribution in [0.3, 0.4) is 0 Å². The average Bonchev–Trinajstić information content (AvgIpc) is 2.68. The van der Waals surface area contributed by atoms with E-state index in [0.717, 1.165) is 5.56 Å². The van der Waals surface area contributed by atoms with Crippen LogP contribution in [0, 0.1) is 5.82 Å². The summed E-state index contributed by atoms with van der Waals surface area (Å²) in [5, 5.41) is 2.35. The Morgan fingerprint density at radius 2 is 1.69 bits per heavy atom. The van der Waals surface area contributed by atoms with Gasteiger partial charge in [0, 0.05) is 12.2 Å². The first kappa shape index (κ1) is 25.3. The summed E-state index contributed by atoms with van der Waals surface area (Å²) < 4.78 is 63.5. The molecule has 1 amide bonds. The van der Waals surface area contributed by atoms with Crippen LogP contribution < -0.4 is 5.32 Å². The normalized spacial score (nSPS) is 12.8. The second-order valence-corrected chi connectivity index (χ2v) is 8.12. The van der Waals surface area contributed by atoms with Gasteiger partial charge in [-0.25, -0.2) is 9.18 Å². The Balaban J connectivity index is 2.16. The fourth-order valence-corrected chi connectivity index (χ4v) is 2.78. The lowest BCUT2D eigenvalue weighted by atomic mass is 9.99. The van der Waals surface area contributed by atoms with E-state index in [1.807, 2.05) is 30.3 Å². The van der Waals surface area contributed by atoms with Crippen LogP contribution in [0.25, 0.3) is 0 Å². The van der Waals surface area contributed by atoms with Gasteiger partial charge in [0.25, 0.3) is 0 Å². The molecule has 0 saturated heterocycles. The van der Waals surface area contributed by atoms with Gasteiger partial charge in [0.05, 0.1) is 18.2 Å². The van der Waals surface area contributed by atoms with Crippen LogP contribution in [-0.2, 0) is 22.3 Å². The minimum atomic E-state index is -4.83. The molecular formula is C23H25F4NO4. The quantitative estimate of drug-likeness (QED) is 0.323. The predicted octanol–water partition coefficient (Wildman–Crippen LogP) is 5.53. The molecule has 174 valence electrons. The summed E-state index contributed by atoms with van der Waals surface area (Å²) in [5.74, 6) is -2.09. The maximum Gasteiger partial charge on any atom is 0.416 e. The Morgan fingerprint density at radius 3 is 2.28 bits per heavy atom. The van der Waals surface area contributed by atoms with Gasteiger partial charge in [0.1, 0.15) is 11.4 Å². The van der Waals surface area contributed by atoms with Gasteiger partial charge in [0.2, 0.25) is 0 Å². The minimum Gasteiger partial charge on any atom is -0.444 e. The van der Waals surface area contributed by atoms with Crippen molar-refractivity contribution in [2.45, 2.75) is 51.6 Å². The van der Waals surface area contributed by atoms with Crippen LogP contribution in [0.15, 0.2) is 48.5 Å². The van der Waals surface area contributed by atoms with Crippen LogP contribution in [0.1, 0.15) is 48.7 Å². The molecule has 0 aromatic heterocycles. The Morgan fingerprint density at radius 1 is 1.03 bits per heavy atom. The number of ether oxygens (including phenoxy) is 2. The minimum absolute atomic E-state index is 0.0164. The van der Waals surface area contributed by atoms with E-state index in [1.54, 1.807) is 20.8 Å². The van der Waals surface area contributed by atoms with Gasteiger partial charge in [-0.05, 0) is 51.0 Å². The molecule has 2 aromatic carbocycles. The van der Waals surface area contributed by atoms with Gasteiger partial charge >= 0.3 is 12.3 Å². The van der Waals surface area contributed by atoms with Crippen molar-refractivity contribution in [3.05, 3.63) is 71.0 Å². The van der Waals surface area contributed by atoms with Crippen molar-refractivity contribution in [3.8, 4) is 0 Å². The Hall–Kier alpha value is -2.94. The maximum atomic E-state index is 13.8. The number of carbonyl (C=O) groups is 2. The van der Waals surface area contributed by atoms with Gasteiger partial charge in [-0.3, -0.25) is 4.79 Å². The molecule has 5 nitrogen and oxygen atoms in total. The third-order valence-electron chi connectivity index (χ3n) is 4.18. The lowest BCUT2D eigenvalue weighted by molar-refractivity contribution is -0.137. The molecule has 0 unspecified atom stereocenters. The highest BCUT2D eigenvalue weighted by molar-refractivity contribution is 6.01.